The molecule has 2 N–H and O–H groups in total. The van der Waals surface area contributed by atoms with Crippen molar-refractivity contribution >= 4 is 11.9 Å². The number of carbonyl (C=O) groups excluding carboxylic acids is 2. The number of halogens is 2. The first-order valence-corrected chi connectivity index (χ1v) is 9.82. The van der Waals surface area contributed by atoms with Crippen LogP contribution < -0.4 is 5.32 Å². The van der Waals surface area contributed by atoms with Crippen LogP contribution in [0.3, 0.4) is 0 Å². The van der Waals surface area contributed by atoms with Gasteiger partial charge in [-0.2, -0.15) is 0 Å². The predicted molar refractivity (Wildman–Crippen MR) is 95.9 cm³/mol. The Bertz CT molecular complexity index is 798. The van der Waals surface area contributed by atoms with E-state index in [1.807, 2.05) is 0 Å². The van der Waals surface area contributed by atoms with Crippen molar-refractivity contribution in [2.45, 2.75) is 57.1 Å². The number of hydrogen-bond donors (Lipinski definition) is 2. The molecule has 4 aliphatic carbocycles. The standard InChI is InChI=1S/C21H25F2NO4/c1-12(16-3-2-15(22)5-17(16)23)24-18(25)10-28-19(26)20-6-13-4-14(7-20)9-21(27,8-13)11-20/h2-3,5,12-14,27H,4,6-11H2,1H3,(H,24,25)/t12-,13-,14+,20?,21?/m1/s1. The van der Waals surface area contributed by atoms with Gasteiger partial charge >= 0.3 is 5.97 Å². The highest BCUT2D eigenvalue weighted by molar-refractivity contribution is 5.83. The van der Waals surface area contributed by atoms with Gasteiger partial charge < -0.3 is 15.2 Å². The molecule has 152 valence electrons. The average molecular weight is 393 g/mol. The Labute approximate surface area is 162 Å². The highest BCUT2D eigenvalue weighted by atomic mass is 19.1. The van der Waals surface area contributed by atoms with E-state index in [2.05, 4.69) is 5.32 Å². The molecule has 1 amide bonds. The maximum absolute atomic E-state index is 13.8. The van der Waals surface area contributed by atoms with E-state index in [9.17, 15) is 23.5 Å². The molecule has 7 heteroatoms. The topological polar surface area (TPSA) is 75.6 Å². The summed E-state index contributed by atoms with van der Waals surface area (Å²) in [5.74, 6) is -1.72. The molecule has 1 aromatic rings. The van der Waals surface area contributed by atoms with Gasteiger partial charge in [-0.25, -0.2) is 8.78 Å². The van der Waals surface area contributed by atoms with Crippen LogP contribution in [0.4, 0.5) is 8.78 Å². The third-order valence-electron chi connectivity index (χ3n) is 6.60. The van der Waals surface area contributed by atoms with Crippen molar-refractivity contribution in [2.75, 3.05) is 6.61 Å². The van der Waals surface area contributed by atoms with Gasteiger partial charge in [-0.1, -0.05) is 6.07 Å². The minimum absolute atomic E-state index is 0.157. The minimum Gasteiger partial charge on any atom is -0.455 e. The Morgan fingerprint density at radius 2 is 1.93 bits per heavy atom. The second kappa shape index (κ2) is 6.79. The zero-order valence-electron chi connectivity index (χ0n) is 15.8. The van der Waals surface area contributed by atoms with Crippen molar-refractivity contribution in [1.29, 1.82) is 0 Å². The second-order valence-electron chi connectivity index (χ2n) is 9.00. The van der Waals surface area contributed by atoms with Crippen LogP contribution in [0.25, 0.3) is 0 Å². The van der Waals surface area contributed by atoms with E-state index in [0.29, 0.717) is 31.1 Å². The molecule has 4 saturated carbocycles. The fourth-order valence-electron chi connectivity index (χ4n) is 5.95. The summed E-state index contributed by atoms with van der Waals surface area (Å²) in [4.78, 5) is 24.9. The van der Waals surface area contributed by atoms with Crippen LogP contribution in [0.1, 0.15) is 57.1 Å². The molecule has 28 heavy (non-hydrogen) atoms. The molecule has 4 fully saturated rings. The maximum atomic E-state index is 13.8. The summed E-state index contributed by atoms with van der Waals surface area (Å²) in [6.45, 7) is 1.12. The lowest BCUT2D eigenvalue weighted by atomic mass is 9.48. The van der Waals surface area contributed by atoms with Crippen LogP contribution in [-0.4, -0.2) is 29.2 Å². The summed E-state index contributed by atoms with van der Waals surface area (Å²) in [7, 11) is 0. The molecule has 4 bridgehead atoms. The Hall–Kier alpha value is -2.02. The van der Waals surface area contributed by atoms with Crippen molar-refractivity contribution in [3.8, 4) is 0 Å². The molecule has 5 atom stereocenters. The Morgan fingerprint density at radius 3 is 2.54 bits per heavy atom. The van der Waals surface area contributed by atoms with E-state index in [4.69, 9.17) is 4.74 Å². The monoisotopic (exact) mass is 393 g/mol. The number of carbonyl (C=O) groups is 2. The van der Waals surface area contributed by atoms with Crippen LogP contribution in [0.2, 0.25) is 0 Å². The first-order valence-electron chi connectivity index (χ1n) is 9.82. The predicted octanol–water partition coefficient (Wildman–Crippen LogP) is 3.02. The molecular formula is C21H25F2NO4. The van der Waals surface area contributed by atoms with E-state index in [0.717, 1.165) is 31.4 Å². The van der Waals surface area contributed by atoms with Crippen molar-refractivity contribution in [3.05, 3.63) is 35.4 Å². The average Bonchev–Trinajstić information content (AvgIpc) is 2.57. The first-order chi connectivity index (χ1) is 13.2. The molecule has 5 nitrogen and oxygen atoms in total. The van der Waals surface area contributed by atoms with Crippen molar-refractivity contribution in [1.82, 2.24) is 5.32 Å². The Morgan fingerprint density at radius 1 is 1.25 bits per heavy atom. The van der Waals surface area contributed by atoms with Gasteiger partial charge in [-0.3, -0.25) is 9.59 Å². The summed E-state index contributed by atoms with van der Waals surface area (Å²) < 4.78 is 32.1. The number of benzene rings is 1. The van der Waals surface area contributed by atoms with Gasteiger partial charge in [0.25, 0.3) is 5.91 Å². The van der Waals surface area contributed by atoms with Crippen molar-refractivity contribution in [3.63, 3.8) is 0 Å². The third-order valence-corrected chi connectivity index (χ3v) is 6.60. The first kappa shape index (κ1) is 19.3. The van der Waals surface area contributed by atoms with Crippen molar-refractivity contribution in [2.24, 2.45) is 17.3 Å². The smallest absolute Gasteiger partial charge is 0.312 e. The SMILES string of the molecule is C[C@@H](NC(=O)COC(=O)C12C[C@@H]3C[C@@H](CC(O)(C3)C1)C2)c1ccc(F)cc1F. The molecule has 0 saturated heterocycles. The van der Waals surface area contributed by atoms with Crippen LogP contribution >= 0.6 is 0 Å². The van der Waals surface area contributed by atoms with E-state index < -0.39 is 47.2 Å². The van der Waals surface area contributed by atoms with Crippen molar-refractivity contribution < 1.29 is 28.2 Å². The van der Waals surface area contributed by atoms with Gasteiger partial charge in [0.1, 0.15) is 11.6 Å². The summed E-state index contributed by atoms with van der Waals surface area (Å²) in [5.41, 5.74) is -1.31. The quantitative estimate of drug-likeness (QED) is 0.754. The molecule has 0 aromatic heterocycles. The molecule has 2 unspecified atom stereocenters. The van der Waals surface area contributed by atoms with Crippen LogP contribution in [0.5, 0.6) is 0 Å². The molecule has 5 rings (SSSR count). The molecule has 0 radical (unpaired) electrons. The molecule has 0 heterocycles. The maximum Gasteiger partial charge on any atom is 0.312 e. The third kappa shape index (κ3) is 3.52. The number of rotatable bonds is 5. The number of ether oxygens (including phenoxy) is 1. The highest BCUT2D eigenvalue weighted by Gasteiger charge is 2.60. The lowest BCUT2D eigenvalue weighted by molar-refractivity contribution is -0.196. The van der Waals surface area contributed by atoms with Gasteiger partial charge in [-0.05, 0) is 63.4 Å². The molecule has 0 aliphatic heterocycles. The number of nitrogens with one attached hydrogen (secondary N) is 1. The van der Waals surface area contributed by atoms with Gasteiger partial charge in [0.05, 0.1) is 17.1 Å². The highest BCUT2D eigenvalue weighted by Crippen LogP contribution is 2.61. The summed E-state index contributed by atoms with van der Waals surface area (Å²) >= 11 is 0. The summed E-state index contributed by atoms with van der Waals surface area (Å²) in [6.07, 6.45) is 4.38. The molecule has 1 aromatic carbocycles. The zero-order chi connectivity index (χ0) is 20.1. The van der Waals surface area contributed by atoms with E-state index in [-0.39, 0.29) is 5.56 Å². The zero-order valence-corrected chi connectivity index (χ0v) is 15.8. The molecule has 4 aliphatic rings. The summed E-state index contributed by atoms with van der Waals surface area (Å²) in [5, 5.41) is 13.3. The fourth-order valence-corrected chi connectivity index (χ4v) is 5.95. The number of amides is 1. The number of hydrogen-bond acceptors (Lipinski definition) is 4. The van der Waals surface area contributed by atoms with Crippen LogP contribution in [-0.2, 0) is 14.3 Å². The van der Waals surface area contributed by atoms with Gasteiger partial charge in [0, 0.05) is 11.6 Å². The molecular weight excluding hydrogens is 368 g/mol. The summed E-state index contributed by atoms with van der Waals surface area (Å²) in [6, 6.07) is 2.47. The molecule has 0 spiro atoms. The Kier molecular flexibility index (Phi) is 4.68. The van der Waals surface area contributed by atoms with Crippen LogP contribution in [0.15, 0.2) is 18.2 Å². The van der Waals surface area contributed by atoms with Gasteiger partial charge in [-0.15, -0.1) is 0 Å². The van der Waals surface area contributed by atoms with E-state index in [1.165, 1.54) is 6.07 Å². The second-order valence-corrected chi connectivity index (χ2v) is 9.00. The normalized spacial score (nSPS) is 34.1. The minimum atomic E-state index is -0.778. The number of aliphatic hydroxyl groups is 1. The largest absolute Gasteiger partial charge is 0.455 e. The van der Waals surface area contributed by atoms with E-state index >= 15 is 0 Å². The lowest BCUT2D eigenvalue weighted by Crippen LogP contribution is -2.58. The van der Waals surface area contributed by atoms with E-state index in [1.54, 1.807) is 6.92 Å². The number of esters is 1. The van der Waals surface area contributed by atoms with Gasteiger partial charge in [0.15, 0.2) is 6.61 Å². The lowest BCUT2D eigenvalue weighted by Gasteiger charge is -2.58. The fraction of sp³-hybridized carbons (Fsp3) is 0.619. The Balaban J connectivity index is 1.34. The van der Waals surface area contributed by atoms with Crippen LogP contribution in [0, 0.1) is 28.9 Å². The van der Waals surface area contributed by atoms with Gasteiger partial charge in [0.2, 0.25) is 0 Å².